The van der Waals surface area contributed by atoms with Crippen molar-refractivity contribution in [3.05, 3.63) is 64.0 Å². The van der Waals surface area contributed by atoms with E-state index < -0.39 is 17.7 Å². The minimum Gasteiger partial charge on any atom is -0.483 e. The van der Waals surface area contributed by atoms with Crippen molar-refractivity contribution >= 4 is 39.9 Å². The molecule has 4 aromatic rings. The molecule has 0 saturated carbocycles. The first-order valence-corrected chi connectivity index (χ1v) is 13.4. The number of fused-ring (bicyclic) bond motifs is 1. The van der Waals surface area contributed by atoms with Gasteiger partial charge in [-0.15, -0.1) is 0 Å². The molecule has 2 aliphatic rings. The molecule has 0 unspecified atom stereocenters. The molecule has 0 amide bonds. The molecule has 2 aliphatic heterocycles. The first-order valence-electron chi connectivity index (χ1n) is 12.6. The number of H-pyrrole nitrogens is 1. The average molecular weight is 575 g/mol. The van der Waals surface area contributed by atoms with Gasteiger partial charge in [0.15, 0.2) is 23.2 Å². The molecule has 5 heterocycles. The first kappa shape index (κ1) is 26.2. The molecule has 0 aliphatic carbocycles. The molecule has 0 bridgehead atoms. The van der Waals surface area contributed by atoms with Gasteiger partial charge in [0, 0.05) is 55.9 Å². The van der Waals surface area contributed by atoms with Crippen LogP contribution in [0.2, 0.25) is 10.0 Å². The van der Waals surface area contributed by atoms with E-state index in [9.17, 15) is 0 Å². The molecule has 2 fully saturated rings. The van der Waals surface area contributed by atoms with Crippen LogP contribution < -0.4 is 9.64 Å². The lowest BCUT2D eigenvalue weighted by atomic mass is 9.89. The van der Waals surface area contributed by atoms with Gasteiger partial charge in [0.2, 0.25) is 0 Å². The summed E-state index contributed by atoms with van der Waals surface area (Å²) < 4.78 is 42.4. The van der Waals surface area contributed by atoms with Crippen LogP contribution in [0.15, 0.2) is 36.8 Å². The van der Waals surface area contributed by atoms with Gasteiger partial charge in [-0.25, -0.2) is 13.8 Å². The third kappa shape index (κ3) is 4.69. The van der Waals surface area contributed by atoms with Gasteiger partial charge in [-0.2, -0.15) is 5.10 Å². The number of morpholine rings is 1. The van der Waals surface area contributed by atoms with Crippen molar-refractivity contribution in [3.8, 4) is 17.0 Å². The second-order valence-electron chi connectivity index (χ2n) is 10.1. The van der Waals surface area contributed by atoms with Crippen LogP contribution in [0.1, 0.15) is 25.5 Å². The highest BCUT2D eigenvalue weighted by Crippen LogP contribution is 2.38. The summed E-state index contributed by atoms with van der Waals surface area (Å²) in [7, 11) is 0. The standard InChI is InChI=1S/C27H26Cl2F2N6O2/c1-15(22-17(28)11-32-12-18(22)29)39-21-4-3-20-23(24(21)31)25(35-34-20)16-9-19(30)26(33-10-16)36-13-27(2,14-36)37-5-7-38-8-6-37/h3-4,9-12,15H,5-8,13-14H2,1-2H3,(H,34,35)/t15-/m1/s1. The Labute approximate surface area is 233 Å². The summed E-state index contributed by atoms with van der Waals surface area (Å²) in [6, 6.07) is 4.49. The van der Waals surface area contributed by atoms with Crippen LogP contribution in [0, 0.1) is 11.6 Å². The molecule has 0 radical (unpaired) electrons. The molecule has 0 spiro atoms. The van der Waals surface area contributed by atoms with Crippen LogP contribution in [0.5, 0.6) is 5.75 Å². The highest BCUT2D eigenvalue weighted by atomic mass is 35.5. The Hall–Kier alpha value is -3.05. The van der Waals surface area contributed by atoms with E-state index in [1.54, 1.807) is 13.0 Å². The summed E-state index contributed by atoms with van der Waals surface area (Å²) in [5.41, 5.74) is 1.48. The number of rotatable bonds is 6. The lowest BCUT2D eigenvalue weighted by Gasteiger charge is -2.55. The number of hydrogen-bond donors (Lipinski definition) is 1. The molecule has 1 aromatic carbocycles. The Morgan fingerprint density at radius 3 is 2.51 bits per heavy atom. The Kier molecular flexibility index (Phi) is 6.83. The minimum absolute atomic E-state index is 0.0189. The molecule has 3 aromatic heterocycles. The zero-order valence-electron chi connectivity index (χ0n) is 21.3. The van der Waals surface area contributed by atoms with Crippen LogP contribution in [0.25, 0.3) is 22.2 Å². The first-order chi connectivity index (χ1) is 18.7. The van der Waals surface area contributed by atoms with Gasteiger partial charge in [-0.3, -0.25) is 15.0 Å². The fraction of sp³-hybridized carbons (Fsp3) is 0.370. The van der Waals surface area contributed by atoms with Crippen molar-refractivity contribution in [1.29, 1.82) is 0 Å². The monoisotopic (exact) mass is 574 g/mol. The van der Waals surface area contributed by atoms with E-state index in [2.05, 4.69) is 32.0 Å². The molecule has 39 heavy (non-hydrogen) atoms. The number of nitrogens with zero attached hydrogens (tertiary/aromatic N) is 5. The number of halogens is 4. The summed E-state index contributed by atoms with van der Waals surface area (Å²) in [6.45, 7) is 8.38. The molecular formula is C27H26Cl2F2N6O2. The van der Waals surface area contributed by atoms with E-state index in [1.807, 2.05) is 4.90 Å². The predicted molar refractivity (Wildman–Crippen MR) is 146 cm³/mol. The van der Waals surface area contributed by atoms with E-state index in [-0.39, 0.29) is 28.2 Å². The number of aromatic amines is 1. The van der Waals surface area contributed by atoms with Gasteiger partial charge in [-0.05, 0) is 32.0 Å². The molecule has 12 heteroatoms. The lowest BCUT2D eigenvalue weighted by Crippen LogP contribution is -2.70. The largest absolute Gasteiger partial charge is 0.483 e. The number of nitrogens with one attached hydrogen (secondary N) is 1. The van der Waals surface area contributed by atoms with Crippen LogP contribution >= 0.6 is 23.2 Å². The Bertz CT molecular complexity index is 1520. The van der Waals surface area contributed by atoms with Gasteiger partial charge >= 0.3 is 0 Å². The van der Waals surface area contributed by atoms with Gasteiger partial charge < -0.3 is 14.4 Å². The van der Waals surface area contributed by atoms with Crippen molar-refractivity contribution in [3.63, 3.8) is 0 Å². The van der Waals surface area contributed by atoms with Gasteiger partial charge in [0.1, 0.15) is 11.8 Å². The van der Waals surface area contributed by atoms with E-state index in [0.717, 1.165) is 13.1 Å². The van der Waals surface area contributed by atoms with Crippen LogP contribution in [0.3, 0.4) is 0 Å². The summed E-state index contributed by atoms with van der Waals surface area (Å²) in [5, 5.41) is 7.87. The molecule has 2 saturated heterocycles. The Balaban J connectivity index is 1.25. The van der Waals surface area contributed by atoms with Gasteiger partial charge in [-0.1, -0.05) is 23.2 Å². The maximum absolute atomic E-state index is 15.8. The lowest BCUT2D eigenvalue weighted by molar-refractivity contribution is -0.0268. The van der Waals surface area contributed by atoms with Crippen molar-refractivity contribution in [1.82, 2.24) is 25.1 Å². The molecule has 1 N–H and O–H groups in total. The second-order valence-corrected chi connectivity index (χ2v) is 10.9. The topological polar surface area (TPSA) is 79.4 Å². The zero-order chi connectivity index (χ0) is 27.3. The third-order valence-corrected chi connectivity index (χ3v) is 8.07. The maximum Gasteiger partial charge on any atom is 0.176 e. The third-order valence-electron chi connectivity index (χ3n) is 7.46. The van der Waals surface area contributed by atoms with Crippen molar-refractivity contribution < 1.29 is 18.3 Å². The fourth-order valence-corrected chi connectivity index (χ4v) is 6.11. The van der Waals surface area contributed by atoms with Crippen molar-refractivity contribution in [2.45, 2.75) is 25.5 Å². The number of pyridine rings is 2. The number of ether oxygens (including phenoxy) is 2. The molecular weight excluding hydrogens is 549 g/mol. The molecule has 6 rings (SSSR count). The van der Waals surface area contributed by atoms with Gasteiger partial charge in [0.25, 0.3) is 0 Å². The smallest absolute Gasteiger partial charge is 0.176 e. The van der Waals surface area contributed by atoms with E-state index in [4.69, 9.17) is 32.7 Å². The van der Waals surface area contributed by atoms with Crippen LogP contribution in [0.4, 0.5) is 14.6 Å². The summed E-state index contributed by atoms with van der Waals surface area (Å²) in [5.74, 6) is -0.877. The summed E-state index contributed by atoms with van der Waals surface area (Å²) >= 11 is 12.5. The average Bonchev–Trinajstić information content (AvgIpc) is 3.34. The van der Waals surface area contributed by atoms with E-state index in [0.29, 0.717) is 53.0 Å². The molecule has 204 valence electrons. The van der Waals surface area contributed by atoms with Crippen molar-refractivity contribution in [2.24, 2.45) is 0 Å². The van der Waals surface area contributed by atoms with Crippen molar-refractivity contribution in [2.75, 3.05) is 44.3 Å². The molecule has 8 nitrogen and oxygen atoms in total. The number of hydrogen-bond acceptors (Lipinski definition) is 7. The van der Waals surface area contributed by atoms with Crippen LogP contribution in [-0.2, 0) is 4.74 Å². The van der Waals surface area contributed by atoms with Gasteiger partial charge in [0.05, 0.1) is 39.7 Å². The number of aromatic nitrogens is 4. The highest BCUT2D eigenvalue weighted by Gasteiger charge is 2.45. The summed E-state index contributed by atoms with van der Waals surface area (Å²) in [4.78, 5) is 12.6. The zero-order valence-corrected chi connectivity index (χ0v) is 22.9. The molecule has 1 atom stereocenters. The quantitative estimate of drug-likeness (QED) is 0.318. The van der Waals surface area contributed by atoms with Crippen LogP contribution in [-0.4, -0.2) is 70.0 Å². The predicted octanol–water partition coefficient (Wildman–Crippen LogP) is 5.66. The minimum atomic E-state index is -0.659. The number of anilines is 1. The summed E-state index contributed by atoms with van der Waals surface area (Å²) in [6.07, 6.45) is 3.76. The fourth-order valence-electron chi connectivity index (χ4n) is 5.43. The Morgan fingerprint density at radius 1 is 1.10 bits per heavy atom. The normalized spacial score (nSPS) is 18.3. The maximum atomic E-state index is 15.8. The Morgan fingerprint density at radius 2 is 1.82 bits per heavy atom. The second kappa shape index (κ2) is 10.2. The number of benzene rings is 1. The SMILES string of the molecule is C[C@@H](Oc1ccc2[nH]nc(-c3cnc(N4CC(C)(N5CCOCC5)C4)c(F)c3)c2c1F)c1c(Cl)cncc1Cl. The highest BCUT2D eigenvalue weighted by molar-refractivity contribution is 6.35. The van der Waals surface area contributed by atoms with E-state index >= 15 is 8.78 Å². The van der Waals surface area contributed by atoms with E-state index in [1.165, 1.54) is 30.7 Å².